The predicted octanol–water partition coefficient (Wildman–Crippen LogP) is 2.80. The van der Waals surface area contributed by atoms with E-state index in [2.05, 4.69) is 4.98 Å². The number of carboxylic acid groups (broad SMARTS) is 1. The number of carboxylic acids is 1. The maximum atomic E-state index is 11.6. The van der Waals surface area contributed by atoms with Crippen LogP contribution in [0.3, 0.4) is 0 Å². The fourth-order valence-electron chi connectivity index (χ4n) is 3.55. The second-order valence-corrected chi connectivity index (χ2v) is 5.93. The standard InChI is InChI=1S/C17H16N2O4/c1-2-17(16(20)21)14-11-7-9(3-4-12(11)23-15(14)17)22-10-5-6-19-13(18)8-10/h3-8,14-15H,2H2,1H3,(H2,18,19)(H,20,21)/t14-,15-,17-/m0/s1. The monoisotopic (exact) mass is 312 g/mol. The molecule has 1 fully saturated rings. The van der Waals surface area contributed by atoms with Crippen LogP contribution >= 0.6 is 0 Å². The Morgan fingerprint density at radius 1 is 1.39 bits per heavy atom. The van der Waals surface area contributed by atoms with Gasteiger partial charge in [-0.25, -0.2) is 4.98 Å². The zero-order chi connectivity index (χ0) is 16.2. The molecule has 1 aromatic carbocycles. The number of aromatic nitrogens is 1. The van der Waals surface area contributed by atoms with Gasteiger partial charge in [0.2, 0.25) is 0 Å². The molecule has 0 amide bonds. The summed E-state index contributed by atoms with van der Waals surface area (Å²) >= 11 is 0. The zero-order valence-corrected chi connectivity index (χ0v) is 12.5. The minimum Gasteiger partial charge on any atom is -0.488 e. The van der Waals surface area contributed by atoms with Crippen LogP contribution in [0.4, 0.5) is 5.82 Å². The molecule has 2 aliphatic rings. The molecule has 0 bridgehead atoms. The maximum absolute atomic E-state index is 11.6. The fourth-order valence-corrected chi connectivity index (χ4v) is 3.55. The summed E-state index contributed by atoms with van der Waals surface area (Å²) in [4.78, 5) is 15.5. The first-order valence-corrected chi connectivity index (χ1v) is 7.49. The molecular formula is C17H16N2O4. The Morgan fingerprint density at radius 3 is 2.87 bits per heavy atom. The van der Waals surface area contributed by atoms with Gasteiger partial charge in [0.1, 0.15) is 34.6 Å². The van der Waals surface area contributed by atoms with Crippen molar-refractivity contribution in [2.24, 2.45) is 5.41 Å². The van der Waals surface area contributed by atoms with Gasteiger partial charge >= 0.3 is 5.97 Å². The molecule has 1 aliphatic heterocycles. The molecule has 0 unspecified atom stereocenters. The van der Waals surface area contributed by atoms with Crippen LogP contribution in [-0.2, 0) is 4.79 Å². The lowest BCUT2D eigenvalue weighted by atomic mass is 9.95. The van der Waals surface area contributed by atoms with Crippen molar-refractivity contribution in [1.82, 2.24) is 4.98 Å². The Kier molecular flexibility index (Phi) is 2.78. The molecular weight excluding hydrogens is 296 g/mol. The Hall–Kier alpha value is -2.76. The average molecular weight is 312 g/mol. The fraction of sp³-hybridized carbons (Fsp3) is 0.294. The molecule has 2 aromatic rings. The lowest BCUT2D eigenvalue weighted by molar-refractivity contribution is -0.145. The highest BCUT2D eigenvalue weighted by atomic mass is 16.5. The highest BCUT2D eigenvalue weighted by Gasteiger charge is 2.75. The molecule has 23 heavy (non-hydrogen) atoms. The maximum Gasteiger partial charge on any atom is 0.314 e. The van der Waals surface area contributed by atoms with Crippen molar-refractivity contribution in [3.05, 3.63) is 42.1 Å². The molecule has 6 nitrogen and oxygen atoms in total. The first kappa shape index (κ1) is 13.9. The number of nitrogen functional groups attached to an aromatic ring is 1. The number of rotatable bonds is 4. The number of pyridine rings is 1. The van der Waals surface area contributed by atoms with E-state index >= 15 is 0 Å². The number of hydrogen-bond donors (Lipinski definition) is 2. The summed E-state index contributed by atoms with van der Waals surface area (Å²) in [5.41, 5.74) is 5.74. The molecule has 4 rings (SSSR count). The molecule has 2 heterocycles. The summed E-state index contributed by atoms with van der Waals surface area (Å²) in [5, 5.41) is 9.54. The summed E-state index contributed by atoms with van der Waals surface area (Å²) in [6.45, 7) is 1.88. The van der Waals surface area contributed by atoms with Gasteiger partial charge in [0.25, 0.3) is 0 Å². The van der Waals surface area contributed by atoms with Crippen molar-refractivity contribution in [3.63, 3.8) is 0 Å². The summed E-state index contributed by atoms with van der Waals surface area (Å²) in [6.07, 6.45) is 1.85. The minimum atomic E-state index is -0.799. The highest BCUT2D eigenvalue weighted by Crippen LogP contribution is 2.69. The smallest absolute Gasteiger partial charge is 0.314 e. The van der Waals surface area contributed by atoms with E-state index in [0.717, 1.165) is 11.3 Å². The SMILES string of the molecule is CC[C@@]1(C(=O)O)[C@H]2Oc3ccc(Oc4ccnc(N)c4)cc3[C@@H]21. The van der Waals surface area contributed by atoms with Crippen LogP contribution in [0.15, 0.2) is 36.5 Å². The number of benzene rings is 1. The number of hydrogen-bond acceptors (Lipinski definition) is 5. The van der Waals surface area contributed by atoms with Crippen molar-refractivity contribution < 1.29 is 19.4 Å². The number of fused-ring (bicyclic) bond motifs is 3. The Labute approximate surface area is 132 Å². The molecule has 0 radical (unpaired) electrons. The van der Waals surface area contributed by atoms with Gasteiger partial charge in [0, 0.05) is 23.7 Å². The molecule has 1 saturated carbocycles. The lowest BCUT2D eigenvalue weighted by Gasteiger charge is -2.16. The first-order chi connectivity index (χ1) is 11.1. The van der Waals surface area contributed by atoms with Crippen LogP contribution in [0.5, 0.6) is 17.2 Å². The first-order valence-electron chi connectivity index (χ1n) is 7.49. The van der Waals surface area contributed by atoms with Crippen LogP contribution in [0.2, 0.25) is 0 Å². The third kappa shape index (κ3) is 1.87. The van der Waals surface area contributed by atoms with E-state index < -0.39 is 11.4 Å². The van der Waals surface area contributed by atoms with Gasteiger partial charge < -0.3 is 20.3 Å². The van der Waals surface area contributed by atoms with Gasteiger partial charge in [-0.05, 0) is 30.7 Å². The van der Waals surface area contributed by atoms with Crippen molar-refractivity contribution >= 4 is 11.8 Å². The Bertz CT molecular complexity index is 807. The van der Waals surface area contributed by atoms with E-state index in [0.29, 0.717) is 23.7 Å². The summed E-state index contributed by atoms with van der Waals surface area (Å²) in [7, 11) is 0. The van der Waals surface area contributed by atoms with Crippen molar-refractivity contribution in [3.8, 4) is 17.2 Å². The highest BCUT2D eigenvalue weighted by molar-refractivity contribution is 5.84. The second kappa shape index (κ2) is 4.62. The number of anilines is 1. The largest absolute Gasteiger partial charge is 0.488 e. The number of nitrogens with zero attached hydrogens (tertiary/aromatic N) is 1. The number of aliphatic carboxylic acids is 1. The average Bonchev–Trinajstić information content (AvgIpc) is 3.02. The molecule has 6 heteroatoms. The van der Waals surface area contributed by atoms with E-state index in [1.54, 1.807) is 24.4 Å². The van der Waals surface area contributed by atoms with Gasteiger partial charge in [-0.2, -0.15) is 0 Å². The van der Waals surface area contributed by atoms with Crippen molar-refractivity contribution in [2.75, 3.05) is 5.73 Å². The van der Waals surface area contributed by atoms with E-state index in [-0.39, 0.29) is 12.0 Å². The number of nitrogens with two attached hydrogens (primary N) is 1. The van der Waals surface area contributed by atoms with E-state index in [4.69, 9.17) is 15.2 Å². The normalized spacial score (nSPS) is 26.8. The quantitative estimate of drug-likeness (QED) is 0.901. The zero-order valence-electron chi connectivity index (χ0n) is 12.5. The number of carbonyl (C=O) groups is 1. The molecule has 0 saturated heterocycles. The molecule has 0 spiro atoms. The van der Waals surface area contributed by atoms with Crippen molar-refractivity contribution in [2.45, 2.75) is 25.4 Å². The lowest BCUT2D eigenvalue weighted by Crippen LogP contribution is -2.23. The van der Waals surface area contributed by atoms with E-state index in [1.807, 2.05) is 19.1 Å². The molecule has 1 aromatic heterocycles. The predicted molar refractivity (Wildman–Crippen MR) is 82.7 cm³/mol. The van der Waals surface area contributed by atoms with Crippen molar-refractivity contribution in [1.29, 1.82) is 0 Å². The third-order valence-electron chi connectivity index (χ3n) is 4.80. The minimum absolute atomic E-state index is 0.106. The van der Waals surface area contributed by atoms with Gasteiger partial charge in [-0.15, -0.1) is 0 Å². The summed E-state index contributed by atoms with van der Waals surface area (Å²) in [5.74, 6) is 1.43. The van der Waals surface area contributed by atoms with Crippen LogP contribution < -0.4 is 15.2 Å². The Morgan fingerprint density at radius 2 is 2.17 bits per heavy atom. The van der Waals surface area contributed by atoms with Crippen LogP contribution in [0.25, 0.3) is 0 Å². The van der Waals surface area contributed by atoms with Crippen LogP contribution in [-0.4, -0.2) is 22.2 Å². The van der Waals surface area contributed by atoms with Gasteiger partial charge in [0.15, 0.2) is 0 Å². The van der Waals surface area contributed by atoms with E-state index in [1.165, 1.54) is 0 Å². The topological polar surface area (TPSA) is 94.7 Å². The van der Waals surface area contributed by atoms with Gasteiger partial charge in [0.05, 0.1) is 0 Å². The van der Waals surface area contributed by atoms with Crippen LogP contribution in [0.1, 0.15) is 24.8 Å². The summed E-state index contributed by atoms with van der Waals surface area (Å²) in [6, 6.07) is 8.83. The molecule has 1 aliphatic carbocycles. The summed E-state index contributed by atoms with van der Waals surface area (Å²) < 4.78 is 11.6. The Balaban J connectivity index is 1.64. The van der Waals surface area contributed by atoms with E-state index in [9.17, 15) is 9.90 Å². The van der Waals surface area contributed by atoms with Crippen LogP contribution in [0, 0.1) is 5.41 Å². The number of ether oxygens (including phenoxy) is 2. The molecule has 118 valence electrons. The van der Waals surface area contributed by atoms with Gasteiger partial charge in [-0.3, -0.25) is 4.79 Å². The third-order valence-corrected chi connectivity index (χ3v) is 4.80. The molecule has 3 atom stereocenters. The second-order valence-electron chi connectivity index (χ2n) is 5.93. The molecule has 3 N–H and O–H groups in total. The van der Waals surface area contributed by atoms with Gasteiger partial charge in [-0.1, -0.05) is 6.92 Å².